The molecule has 0 radical (unpaired) electrons. The summed E-state index contributed by atoms with van der Waals surface area (Å²) in [6.07, 6.45) is 3.18. The predicted molar refractivity (Wildman–Crippen MR) is 89.4 cm³/mol. The molecule has 3 aromatic rings. The van der Waals surface area contributed by atoms with Crippen molar-refractivity contribution in [3.63, 3.8) is 0 Å². The van der Waals surface area contributed by atoms with E-state index in [0.717, 1.165) is 58.9 Å². The number of aromatic nitrogens is 4. The Bertz CT molecular complexity index is 945. The predicted octanol–water partition coefficient (Wildman–Crippen LogP) is 2.13. The fourth-order valence-electron chi connectivity index (χ4n) is 3.63. The zero-order valence-electron chi connectivity index (χ0n) is 12.8. The van der Waals surface area contributed by atoms with Crippen LogP contribution in [0.2, 0.25) is 0 Å². The molecule has 1 saturated carbocycles. The highest BCUT2D eigenvalue weighted by molar-refractivity contribution is 7.22. The van der Waals surface area contributed by atoms with E-state index in [9.17, 15) is 4.79 Å². The second-order valence-corrected chi connectivity index (χ2v) is 7.75. The maximum atomic E-state index is 12.4. The molecule has 2 unspecified atom stereocenters. The van der Waals surface area contributed by atoms with E-state index >= 15 is 0 Å². The first-order chi connectivity index (χ1) is 11.2. The maximum absolute atomic E-state index is 12.4. The van der Waals surface area contributed by atoms with Crippen molar-refractivity contribution in [2.45, 2.75) is 19.9 Å². The summed E-state index contributed by atoms with van der Waals surface area (Å²) in [6.45, 7) is 5.02. The van der Waals surface area contributed by atoms with Crippen molar-refractivity contribution in [2.75, 3.05) is 13.1 Å². The molecule has 3 aromatic heterocycles. The summed E-state index contributed by atoms with van der Waals surface area (Å²) >= 11 is 1.47. The van der Waals surface area contributed by atoms with Crippen molar-refractivity contribution in [1.29, 1.82) is 0 Å². The molecule has 7 heteroatoms. The number of fused-ring (bicyclic) bond motifs is 2. The minimum Gasteiger partial charge on any atom is -0.308 e. The monoisotopic (exact) mass is 327 g/mol. The molecule has 0 amide bonds. The van der Waals surface area contributed by atoms with Crippen molar-refractivity contribution in [3.8, 4) is 10.4 Å². The molecule has 4 heterocycles. The lowest BCUT2D eigenvalue weighted by molar-refractivity contribution is 0.290. The Morgan fingerprint density at radius 3 is 2.96 bits per heavy atom. The first-order valence-corrected chi connectivity index (χ1v) is 8.74. The van der Waals surface area contributed by atoms with E-state index < -0.39 is 0 Å². The van der Waals surface area contributed by atoms with E-state index in [0.29, 0.717) is 4.70 Å². The number of thiophene rings is 1. The molecule has 118 valence electrons. The smallest absolute Gasteiger partial charge is 0.268 e. The van der Waals surface area contributed by atoms with Crippen molar-refractivity contribution in [3.05, 3.63) is 34.1 Å². The highest BCUT2D eigenvalue weighted by atomic mass is 32.1. The highest BCUT2D eigenvalue weighted by Crippen LogP contribution is 2.45. The largest absolute Gasteiger partial charge is 0.308 e. The van der Waals surface area contributed by atoms with Crippen LogP contribution in [0, 0.1) is 18.8 Å². The summed E-state index contributed by atoms with van der Waals surface area (Å²) in [7, 11) is 0. The number of hydrogen-bond acceptors (Lipinski definition) is 5. The third-order valence-corrected chi connectivity index (χ3v) is 6.11. The van der Waals surface area contributed by atoms with Crippen LogP contribution in [0.4, 0.5) is 0 Å². The molecule has 0 aromatic carbocycles. The van der Waals surface area contributed by atoms with Gasteiger partial charge in [0.15, 0.2) is 0 Å². The van der Waals surface area contributed by atoms with Gasteiger partial charge in [-0.15, -0.1) is 11.3 Å². The summed E-state index contributed by atoms with van der Waals surface area (Å²) in [6, 6.07) is 2.00. The van der Waals surface area contributed by atoms with Crippen LogP contribution < -0.4 is 5.56 Å². The fourth-order valence-corrected chi connectivity index (χ4v) is 4.69. The summed E-state index contributed by atoms with van der Waals surface area (Å²) < 4.78 is 0.689. The number of aryl methyl sites for hydroxylation is 1. The molecule has 1 saturated heterocycles. The first-order valence-electron chi connectivity index (χ1n) is 7.93. The van der Waals surface area contributed by atoms with Gasteiger partial charge in [0.25, 0.3) is 5.56 Å². The number of nitrogens with one attached hydrogen (secondary N) is 2. The van der Waals surface area contributed by atoms with Gasteiger partial charge in [0.2, 0.25) is 0 Å². The fraction of sp³-hybridized carbons (Fsp3) is 0.438. The van der Waals surface area contributed by atoms with E-state index in [4.69, 9.17) is 0 Å². The van der Waals surface area contributed by atoms with Crippen LogP contribution in [-0.2, 0) is 6.54 Å². The Balaban J connectivity index is 1.51. The maximum Gasteiger partial charge on any atom is 0.268 e. The van der Waals surface area contributed by atoms with Gasteiger partial charge in [0.05, 0.1) is 18.3 Å². The van der Waals surface area contributed by atoms with Gasteiger partial charge in [-0.1, -0.05) is 0 Å². The van der Waals surface area contributed by atoms with Crippen LogP contribution in [0.25, 0.3) is 20.7 Å². The minimum atomic E-state index is -0.0354. The van der Waals surface area contributed by atoms with E-state index in [1.165, 1.54) is 17.8 Å². The Labute approximate surface area is 136 Å². The van der Waals surface area contributed by atoms with Crippen LogP contribution in [0.15, 0.2) is 17.1 Å². The lowest BCUT2D eigenvalue weighted by Gasteiger charge is -2.16. The number of piperidine rings is 1. The lowest BCUT2D eigenvalue weighted by atomic mass is 10.2. The average Bonchev–Trinajstić information content (AvgIpc) is 2.91. The molecule has 0 bridgehead atoms. The van der Waals surface area contributed by atoms with Crippen LogP contribution >= 0.6 is 11.3 Å². The molecule has 5 rings (SSSR count). The van der Waals surface area contributed by atoms with Crippen molar-refractivity contribution in [1.82, 2.24) is 25.1 Å². The van der Waals surface area contributed by atoms with E-state index in [1.807, 2.05) is 13.0 Å². The van der Waals surface area contributed by atoms with Crippen LogP contribution in [0.3, 0.4) is 0 Å². The van der Waals surface area contributed by atoms with Gasteiger partial charge in [-0.25, -0.2) is 4.98 Å². The average molecular weight is 327 g/mol. The Morgan fingerprint density at radius 2 is 2.22 bits per heavy atom. The van der Waals surface area contributed by atoms with Gasteiger partial charge in [-0.2, -0.15) is 5.10 Å². The number of likely N-dealkylation sites (tertiary alicyclic amines) is 1. The van der Waals surface area contributed by atoms with Gasteiger partial charge < -0.3 is 4.98 Å². The second-order valence-electron chi connectivity index (χ2n) is 6.70. The second kappa shape index (κ2) is 4.75. The summed E-state index contributed by atoms with van der Waals surface area (Å²) in [5, 5.41) is 6.99. The Morgan fingerprint density at radius 1 is 1.39 bits per heavy atom. The van der Waals surface area contributed by atoms with Gasteiger partial charge in [0, 0.05) is 29.2 Å². The normalized spacial score (nSPS) is 23.5. The molecule has 0 spiro atoms. The van der Waals surface area contributed by atoms with Crippen LogP contribution in [0.5, 0.6) is 0 Å². The standard InChI is InChI=1S/C16H17N5OS/c1-8-11(4-17-20-8)13-3-12-15(23-13)16(22)19-14(18-12)7-21-5-9-2-10(9)6-21/h3-4,9-10H,2,5-7H2,1H3,(H,17,20)(H,18,19,22). The van der Waals surface area contributed by atoms with Gasteiger partial charge >= 0.3 is 0 Å². The zero-order valence-corrected chi connectivity index (χ0v) is 13.6. The number of aromatic amines is 2. The minimum absolute atomic E-state index is 0.0354. The number of hydrogen-bond donors (Lipinski definition) is 2. The lowest BCUT2D eigenvalue weighted by Crippen LogP contribution is -2.25. The van der Waals surface area contributed by atoms with E-state index in [-0.39, 0.29) is 5.56 Å². The van der Waals surface area contributed by atoms with Crippen molar-refractivity contribution in [2.24, 2.45) is 11.8 Å². The molecule has 1 aliphatic heterocycles. The number of nitrogens with zero attached hydrogens (tertiary/aromatic N) is 3. The summed E-state index contributed by atoms with van der Waals surface area (Å²) in [4.78, 5) is 23.5. The third kappa shape index (κ3) is 2.22. The Hall–Kier alpha value is -1.99. The molecule has 6 nitrogen and oxygen atoms in total. The first kappa shape index (κ1) is 13.4. The third-order valence-electron chi connectivity index (χ3n) is 4.96. The van der Waals surface area contributed by atoms with Gasteiger partial charge in [0.1, 0.15) is 10.5 Å². The van der Waals surface area contributed by atoms with Crippen molar-refractivity contribution >= 4 is 21.6 Å². The molecule has 2 N–H and O–H groups in total. The van der Waals surface area contributed by atoms with E-state index in [1.54, 1.807) is 6.20 Å². The number of H-pyrrole nitrogens is 2. The molecule has 2 aliphatic rings. The van der Waals surface area contributed by atoms with Crippen molar-refractivity contribution < 1.29 is 0 Å². The van der Waals surface area contributed by atoms with Gasteiger partial charge in [-0.05, 0) is 31.2 Å². The summed E-state index contributed by atoms with van der Waals surface area (Å²) in [5.41, 5.74) is 2.79. The Kier molecular flexibility index (Phi) is 2.78. The van der Waals surface area contributed by atoms with Crippen LogP contribution in [-0.4, -0.2) is 38.2 Å². The topological polar surface area (TPSA) is 77.7 Å². The number of rotatable bonds is 3. The molecule has 2 fully saturated rings. The quantitative estimate of drug-likeness (QED) is 0.772. The van der Waals surface area contributed by atoms with Crippen LogP contribution in [0.1, 0.15) is 17.9 Å². The molecular weight excluding hydrogens is 310 g/mol. The SMILES string of the molecule is Cc1[nH]ncc1-c1cc2nc(CN3CC4CC4C3)[nH]c(=O)c2s1. The van der Waals surface area contributed by atoms with E-state index in [2.05, 4.69) is 25.1 Å². The molecule has 1 aliphatic carbocycles. The van der Waals surface area contributed by atoms with Gasteiger partial charge in [-0.3, -0.25) is 14.8 Å². The molecule has 2 atom stereocenters. The molecular formula is C16H17N5OS. The summed E-state index contributed by atoms with van der Waals surface area (Å²) in [5.74, 6) is 2.56. The highest BCUT2D eigenvalue weighted by Gasteiger charge is 2.44. The zero-order chi connectivity index (χ0) is 15.6. The molecule has 23 heavy (non-hydrogen) atoms.